The molecule has 2 N–H and O–H groups in total. The van der Waals surface area contributed by atoms with E-state index in [0.29, 0.717) is 44.2 Å². The van der Waals surface area contributed by atoms with Gasteiger partial charge in [0.15, 0.2) is 0 Å². The van der Waals surface area contributed by atoms with Gasteiger partial charge in [-0.15, -0.1) is 0 Å². The Hall–Kier alpha value is -1.14. The fourth-order valence-corrected chi connectivity index (χ4v) is 3.99. The lowest BCUT2D eigenvalue weighted by Gasteiger charge is -2.36. The summed E-state index contributed by atoms with van der Waals surface area (Å²) >= 11 is 0. The largest absolute Gasteiger partial charge is 0.377 e. The van der Waals surface area contributed by atoms with Crippen molar-refractivity contribution in [2.45, 2.75) is 50.2 Å². The van der Waals surface area contributed by atoms with Crippen molar-refractivity contribution in [3.8, 4) is 0 Å². The van der Waals surface area contributed by atoms with Gasteiger partial charge in [-0.1, -0.05) is 0 Å². The van der Waals surface area contributed by atoms with E-state index < -0.39 is 6.04 Å². The molecule has 3 rings (SSSR count). The normalized spacial score (nSPS) is 35.6. The predicted octanol–water partition coefficient (Wildman–Crippen LogP) is -0.119. The van der Waals surface area contributed by atoms with Gasteiger partial charge in [-0.05, 0) is 31.6 Å². The van der Waals surface area contributed by atoms with E-state index in [2.05, 4.69) is 10.6 Å². The maximum atomic E-state index is 12.6. The molecule has 0 aromatic rings. The van der Waals surface area contributed by atoms with Crippen LogP contribution in [0.1, 0.15) is 32.1 Å². The van der Waals surface area contributed by atoms with Crippen LogP contribution in [0.5, 0.6) is 0 Å². The average molecular weight is 295 g/mol. The molecule has 0 saturated carbocycles. The third-order valence-corrected chi connectivity index (χ3v) is 5.03. The number of morpholine rings is 1. The Bertz CT molecular complexity index is 403. The predicted molar refractivity (Wildman–Crippen MR) is 77.7 cm³/mol. The van der Waals surface area contributed by atoms with Gasteiger partial charge in [-0.3, -0.25) is 9.59 Å². The first-order valence-electron chi connectivity index (χ1n) is 8.02. The van der Waals surface area contributed by atoms with Gasteiger partial charge in [0.25, 0.3) is 0 Å². The minimum atomic E-state index is -0.463. The number of hydrogen-bond donors (Lipinski definition) is 2. The van der Waals surface area contributed by atoms with E-state index in [4.69, 9.17) is 4.74 Å². The fraction of sp³-hybridized carbons (Fsp3) is 0.867. The molecule has 2 bridgehead atoms. The molecule has 3 saturated heterocycles. The number of nitrogens with one attached hydrogen (secondary N) is 2. The highest BCUT2D eigenvalue weighted by Gasteiger charge is 2.37. The summed E-state index contributed by atoms with van der Waals surface area (Å²) in [6.45, 7) is 1.36. The zero-order valence-electron chi connectivity index (χ0n) is 12.6. The van der Waals surface area contributed by atoms with Gasteiger partial charge < -0.3 is 20.3 Å². The average Bonchev–Trinajstić information content (AvgIpc) is 2.85. The van der Waals surface area contributed by atoms with E-state index in [1.807, 2.05) is 0 Å². The van der Waals surface area contributed by atoms with Crippen LogP contribution in [0.3, 0.4) is 0 Å². The van der Waals surface area contributed by atoms with Crippen LogP contribution < -0.4 is 10.6 Å². The Kier molecular flexibility index (Phi) is 4.45. The minimum absolute atomic E-state index is 0.109. The Morgan fingerprint density at radius 2 is 2.00 bits per heavy atom. The molecule has 0 aromatic carbocycles. The summed E-state index contributed by atoms with van der Waals surface area (Å²) in [5.74, 6) is 0.441. The number of nitrogens with zero attached hydrogens (tertiary/aromatic N) is 1. The highest BCUT2D eigenvalue weighted by molar-refractivity contribution is 5.87. The van der Waals surface area contributed by atoms with Gasteiger partial charge in [0.1, 0.15) is 6.04 Å². The Labute approximate surface area is 125 Å². The third kappa shape index (κ3) is 3.21. The summed E-state index contributed by atoms with van der Waals surface area (Å²) in [5, 5.41) is 6.22. The number of ether oxygens (including phenoxy) is 1. The van der Waals surface area contributed by atoms with E-state index in [1.165, 1.54) is 12.8 Å². The minimum Gasteiger partial charge on any atom is -0.377 e. The topological polar surface area (TPSA) is 70.7 Å². The SMILES string of the molecule is CNC(=O)C1COCCN1C(=O)CC1CC2CCC(C1)N2. The smallest absolute Gasteiger partial charge is 0.244 e. The molecule has 6 nitrogen and oxygen atoms in total. The monoisotopic (exact) mass is 295 g/mol. The van der Waals surface area contributed by atoms with Crippen LogP contribution in [0.25, 0.3) is 0 Å². The van der Waals surface area contributed by atoms with Crippen LogP contribution in [0.4, 0.5) is 0 Å². The van der Waals surface area contributed by atoms with Crippen molar-refractivity contribution in [1.29, 1.82) is 0 Å². The number of carbonyl (C=O) groups is 2. The van der Waals surface area contributed by atoms with Gasteiger partial charge in [0, 0.05) is 32.1 Å². The summed E-state index contributed by atoms with van der Waals surface area (Å²) < 4.78 is 5.35. The zero-order valence-corrected chi connectivity index (χ0v) is 12.6. The Morgan fingerprint density at radius 3 is 2.67 bits per heavy atom. The third-order valence-electron chi connectivity index (χ3n) is 5.03. The van der Waals surface area contributed by atoms with Crippen LogP contribution in [0.2, 0.25) is 0 Å². The Morgan fingerprint density at radius 1 is 1.29 bits per heavy atom. The number of rotatable bonds is 3. The molecule has 0 aliphatic carbocycles. The molecule has 3 aliphatic heterocycles. The highest BCUT2D eigenvalue weighted by atomic mass is 16.5. The van der Waals surface area contributed by atoms with Crippen molar-refractivity contribution in [1.82, 2.24) is 15.5 Å². The quantitative estimate of drug-likeness (QED) is 0.761. The molecular formula is C15H25N3O3. The van der Waals surface area contributed by atoms with Crippen molar-refractivity contribution in [3.05, 3.63) is 0 Å². The molecule has 6 heteroatoms. The van der Waals surface area contributed by atoms with Crippen LogP contribution >= 0.6 is 0 Å². The standard InChI is InChI=1S/C15H25N3O3/c1-16-15(20)13-9-21-5-4-18(13)14(19)8-10-6-11-2-3-12(7-10)17-11/h10-13,17H,2-9H2,1H3,(H,16,20). The lowest BCUT2D eigenvalue weighted by molar-refractivity contribution is -0.149. The number of hydrogen-bond acceptors (Lipinski definition) is 4. The van der Waals surface area contributed by atoms with E-state index in [1.54, 1.807) is 11.9 Å². The molecule has 2 amide bonds. The van der Waals surface area contributed by atoms with Crippen molar-refractivity contribution < 1.29 is 14.3 Å². The lowest BCUT2D eigenvalue weighted by atomic mass is 9.89. The van der Waals surface area contributed by atoms with Gasteiger partial charge in [-0.25, -0.2) is 0 Å². The van der Waals surface area contributed by atoms with Crippen LogP contribution in [-0.2, 0) is 14.3 Å². The summed E-state index contributed by atoms with van der Waals surface area (Å²) in [6, 6.07) is 0.733. The fourth-order valence-electron chi connectivity index (χ4n) is 3.99. The Balaban J connectivity index is 1.59. The van der Waals surface area contributed by atoms with E-state index in [0.717, 1.165) is 12.8 Å². The van der Waals surface area contributed by atoms with Gasteiger partial charge in [0.05, 0.1) is 13.2 Å². The first-order chi connectivity index (χ1) is 10.2. The number of likely N-dealkylation sites (N-methyl/N-ethyl adjacent to an activating group) is 1. The lowest BCUT2D eigenvalue weighted by Crippen LogP contribution is -2.55. The van der Waals surface area contributed by atoms with Crippen molar-refractivity contribution >= 4 is 11.8 Å². The maximum Gasteiger partial charge on any atom is 0.244 e. The maximum absolute atomic E-state index is 12.6. The molecule has 3 fully saturated rings. The molecule has 0 aromatic heterocycles. The first-order valence-corrected chi connectivity index (χ1v) is 8.02. The molecule has 3 heterocycles. The van der Waals surface area contributed by atoms with E-state index in [9.17, 15) is 9.59 Å². The molecule has 0 spiro atoms. The van der Waals surface area contributed by atoms with E-state index in [-0.39, 0.29) is 11.8 Å². The molecule has 0 radical (unpaired) electrons. The number of fused-ring (bicyclic) bond motifs is 2. The van der Waals surface area contributed by atoms with Gasteiger partial charge in [-0.2, -0.15) is 0 Å². The summed E-state index contributed by atoms with van der Waals surface area (Å²) in [4.78, 5) is 26.2. The second-order valence-electron chi connectivity index (χ2n) is 6.47. The van der Waals surface area contributed by atoms with Crippen LogP contribution in [0, 0.1) is 5.92 Å². The molecular weight excluding hydrogens is 270 g/mol. The number of piperidine rings is 1. The molecule has 21 heavy (non-hydrogen) atoms. The first kappa shape index (κ1) is 14.8. The summed E-state index contributed by atoms with van der Waals surface area (Å²) in [6.07, 6.45) is 5.25. The van der Waals surface area contributed by atoms with Crippen LogP contribution in [0.15, 0.2) is 0 Å². The molecule has 3 unspecified atom stereocenters. The highest BCUT2D eigenvalue weighted by Crippen LogP contribution is 2.33. The van der Waals surface area contributed by atoms with Gasteiger partial charge in [0.2, 0.25) is 11.8 Å². The van der Waals surface area contributed by atoms with E-state index >= 15 is 0 Å². The number of amides is 2. The molecule has 3 aliphatic rings. The second-order valence-corrected chi connectivity index (χ2v) is 6.47. The second kappa shape index (κ2) is 6.32. The molecule has 3 atom stereocenters. The zero-order chi connectivity index (χ0) is 14.8. The van der Waals surface area contributed by atoms with Crippen molar-refractivity contribution in [2.75, 3.05) is 26.8 Å². The van der Waals surface area contributed by atoms with Crippen molar-refractivity contribution in [2.24, 2.45) is 5.92 Å². The number of carbonyl (C=O) groups excluding carboxylic acids is 2. The summed E-state index contributed by atoms with van der Waals surface area (Å²) in [7, 11) is 1.60. The summed E-state index contributed by atoms with van der Waals surface area (Å²) in [5.41, 5.74) is 0. The molecule has 118 valence electrons. The van der Waals surface area contributed by atoms with Crippen LogP contribution in [-0.4, -0.2) is 61.6 Å². The van der Waals surface area contributed by atoms with Gasteiger partial charge >= 0.3 is 0 Å². The van der Waals surface area contributed by atoms with Crippen molar-refractivity contribution in [3.63, 3.8) is 0 Å².